The van der Waals surface area contributed by atoms with Gasteiger partial charge in [0.15, 0.2) is 0 Å². The van der Waals surface area contributed by atoms with Gasteiger partial charge in [-0.15, -0.1) is 0 Å². The highest BCUT2D eigenvalue weighted by molar-refractivity contribution is 5.86. The van der Waals surface area contributed by atoms with Crippen LogP contribution in [-0.2, 0) is 6.61 Å². The van der Waals surface area contributed by atoms with Crippen molar-refractivity contribution >= 4 is 10.9 Å². The minimum Gasteiger partial charge on any atom is -0.497 e. The SMILES string of the molecule is CCOc1cc(CO)nc2ccc(OC)cc12. The van der Waals surface area contributed by atoms with Crippen molar-refractivity contribution in [2.24, 2.45) is 0 Å². The van der Waals surface area contributed by atoms with Crippen LogP contribution in [0.2, 0.25) is 0 Å². The maximum atomic E-state index is 9.15. The van der Waals surface area contributed by atoms with Crippen LogP contribution in [0.4, 0.5) is 0 Å². The summed E-state index contributed by atoms with van der Waals surface area (Å²) in [7, 11) is 1.62. The zero-order valence-corrected chi connectivity index (χ0v) is 9.93. The molecule has 0 spiro atoms. The van der Waals surface area contributed by atoms with Gasteiger partial charge in [-0.05, 0) is 25.1 Å². The molecule has 0 unspecified atom stereocenters. The van der Waals surface area contributed by atoms with E-state index in [0.717, 1.165) is 22.4 Å². The van der Waals surface area contributed by atoms with Gasteiger partial charge in [-0.3, -0.25) is 4.98 Å². The van der Waals surface area contributed by atoms with Gasteiger partial charge >= 0.3 is 0 Å². The van der Waals surface area contributed by atoms with Gasteiger partial charge < -0.3 is 14.6 Å². The molecule has 0 atom stereocenters. The number of aliphatic hydroxyl groups is 1. The molecule has 1 N–H and O–H groups in total. The predicted molar refractivity (Wildman–Crippen MR) is 65.4 cm³/mol. The molecule has 2 aromatic rings. The second-order valence-corrected chi connectivity index (χ2v) is 3.59. The van der Waals surface area contributed by atoms with Gasteiger partial charge in [0.05, 0.1) is 31.5 Å². The molecule has 0 aliphatic heterocycles. The molecule has 90 valence electrons. The van der Waals surface area contributed by atoms with Gasteiger partial charge in [-0.1, -0.05) is 0 Å². The van der Waals surface area contributed by atoms with E-state index in [9.17, 15) is 0 Å². The Morgan fingerprint density at radius 1 is 1.29 bits per heavy atom. The lowest BCUT2D eigenvalue weighted by molar-refractivity contribution is 0.275. The molecule has 0 fully saturated rings. The number of rotatable bonds is 4. The number of hydrogen-bond donors (Lipinski definition) is 1. The lowest BCUT2D eigenvalue weighted by Crippen LogP contribution is -1.97. The number of methoxy groups -OCH3 is 1. The third-order valence-corrected chi connectivity index (χ3v) is 2.49. The number of fused-ring (bicyclic) bond motifs is 1. The zero-order chi connectivity index (χ0) is 12.3. The van der Waals surface area contributed by atoms with E-state index in [-0.39, 0.29) is 6.61 Å². The highest BCUT2D eigenvalue weighted by Crippen LogP contribution is 2.29. The molecule has 0 aliphatic rings. The third kappa shape index (κ3) is 2.31. The number of benzene rings is 1. The number of nitrogens with zero attached hydrogens (tertiary/aromatic N) is 1. The van der Waals surface area contributed by atoms with Crippen LogP contribution in [0.15, 0.2) is 24.3 Å². The fraction of sp³-hybridized carbons (Fsp3) is 0.308. The molecular formula is C13H15NO3. The fourth-order valence-corrected chi connectivity index (χ4v) is 1.71. The summed E-state index contributed by atoms with van der Waals surface area (Å²) in [5.74, 6) is 1.48. The second-order valence-electron chi connectivity index (χ2n) is 3.59. The fourth-order valence-electron chi connectivity index (χ4n) is 1.71. The van der Waals surface area contributed by atoms with Crippen molar-refractivity contribution in [3.05, 3.63) is 30.0 Å². The molecule has 4 nitrogen and oxygen atoms in total. The van der Waals surface area contributed by atoms with E-state index in [2.05, 4.69) is 4.98 Å². The van der Waals surface area contributed by atoms with Gasteiger partial charge in [0.1, 0.15) is 11.5 Å². The first-order valence-corrected chi connectivity index (χ1v) is 5.49. The van der Waals surface area contributed by atoms with Crippen LogP contribution in [-0.4, -0.2) is 23.8 Å². The van der Waals surface area contributed by atoms with Crippen LogP contribution in [0.1, 0.15) is 12.6 Å². The van der Waals surface area contributed by atoms with Crippen LogP contribution in [0, 0.1) is 0 Å². The Balaban J connectivity index is 2.63. The third-order valence-electron chi connectivity index (χ3n) is 2.49. The summed E-state index contributed by atoms with van der Waals surface area (Å²) in [6.07, 6.45) is 0. The van der Waals surface area contributed by atoms with E-state index >= 15 is 0 Å². The smallest absolute Gasteiger partial charge is 0.130 e. The highest BCUT2D eigenvalue weighted by Gasteiger charge is 2.07. The molecule has 0 saturated heterocycles. The van der Waals surface area contributed by atoms with Crippen LogP contribution in [0.3, 0.4) is 0 Å². The van der Waals surface area contributed by atoms with Crippen molar-refractivity contribution in [1.29, 1.82) is 0 Å². The Hall–Kier alpha value is -1.81. The summed E-state index contributed by atoms with van der Waals surface area (Å²) in [4.78, 5) is 4.33. The van der Waals surface area contributed by atoms with Gasteiger partial charge in [0.25, 0.3) is 0 Å². The molecule has 0 bridgehead atoms. The van der Waals surface area contributed by atoms with Crippen molar-refractivity contribution in [1.82, 2.24) is 4.98 Å². The minimum absolute atomic E-state index is 0.0952. The minimum atomic E-state index is -0.0952. The maximum absolute atomic E-state index is 9.15. The van der Waals surface area contributed by atoms with Crippen molar-refractivity contribution in [3.63, 3.8) is 0 Å². The Morgan fingerprint density at radius 2 is 2.12 bits per heavy atom. The average Bonchev–Trinajstić information content (AvgIpc) is 2.38. The average molecular weight is 233 g/mol. The summed E-state index contributed by atoms with van der Waals surface area (Å²) in [6, 6.07) is 7.34. The van der Waals surface area contributed by atoms with E-state index in [0.29, 0.717) is 12.3 Å². The lowest BCUT2D eigenvalue weighted by Gasteiger charge is -2.10. The standard InChI is InChI=1S/C13H15NO3/c1-3-17-13-6-9(8-15)14-12-5-4-10(16-2)7-11(12)13/h4-7,15H,3,8H2,1-2H3. The molecule has 17 heavy (non-hydrogen) atoms. The van der Waals surface area contributed by atoms with Crippen molar-refractivity contribution in [3.8, 4) is 11.5 Å². The van der Waals surface area contributed by atoms with Gasteiger partial charge in [0.2, 0.25) is 0 Å². The largest absolute Gasteiger partial charge is 0.497 e. The van der Waals surface area contributed by atoms with Crippen molar-refractivity contribution in [2.45, 2.75) is 13.5 Å². The number of pyridine rings is 1. The van der Waals surface area contributed by atoms with Crippen LogP contribution in [0.5, 0.6) is 11.5 Å². The van der Waals surface area contributed by atoms with Gasteiger partial charge in [0, 0.05) is 11.5 Å². The van der Waals surface area contributed by atoms with Crippen LogP contribution in [0.25, 0.3) is 10.9 Å². The summed E-state index contributed by atoms with van der Waals surface area (Å²) in [5, 5.41) is 10.0. The Kier molecular flexibility index (Phi) is 3.44. The molecule has 0 radical (unpaired) electrons. The van der Waals surface area contributed by atoms with E-state index in [1.807, 2.05) is 25.1 Å². The maximum Gasteiger partial charge on any atom is 0.130 e. The Morgan fingerprint density at radius 3 is 2.76 bits per heavy atom. The molecular weight excluding hydrogens is 218 g/mol. The number of hydrogen-bond acceptors (Lipinski definition) is 4. The predicted octanol–water partition coefficient (Wildman–Crippen LogP) is 2.13. The molecule has 1 aromatic carbocycles. The molecule has 1 aromatic heterocycles. The summed E-state index contributed by atoms with van der Waals surface area (Å²) in [6.45, 7) is 2.40. The van der Waals surface area contributed by atoms with E-state index < -0.39 is 0 Å². The topological polar surface area (TPSA) is 51.6 Å². The Labute approximate surface area is 99.8 Å². The quantitative estimate of drug-likeness (QED) is 0.879. The van der Waals surface area contributed by atoms with Crippen molar-refractivity contribution in [2.75, 3.05) is 13.7 Å². The monoisotopic (exact) mass is 233 g/mol. The van der Waals surface area contributed by atoms with Crippen LogP contribution >= 0.6 is 0 Å². The van der Waals surface area contributed by atoms with Crippen molar-refractivity contribution < 1.29 is 14.6 Å². The molecule has 1 heterocycles. The normalized spacial score (nSPS) is 10.5. The molecule has 2 rings (SSSR count). The summed E-state index contributed by atoms with van der Waals surface area (Å²) in [5.41, 5.74) is 1.40. The van der Waals surface area contributed by atoms with Crippen LogP contribution < -0.4 is 9.47 Å². The number of aromatic nitrogens is 1. The Bertz CT molecular complexity index is 525. The molecule has 0 saturated carbocycles. The van der Waals surface area contributed by atoms with Gasteiger partial charge in [-0.25, -0.2) is 0 Å². The van der Waals surface area contributed by atoms with Gasteiger partial charge in [-0.2, -0.15) is 0 Å². The first kappa shape index (κ1) is 11.7. The van der Waals surface area contributed by atoms with E-state index in [4.69, 9.17) is 14.6 Å². The molecule has 4 heteroatoms. The number of aliphatic hydroxyl groups excluding tert-OH is 1. The lowest BCUT2D eigenvalue weighted by atomic mass is 10.1. The molecule has 0 amide bonds. The van der Waals surface area contributed by atoms with E-state index in [1.54, 1.807) is 13.2 Å². The second kappa shape index (κ2) is 5.01. The molecule has 0 aliphatic carbocycles. The van der Waals surface area contributed by atoms with E-state index in [1.165, 1.54) is 0 Å². The highest BCUT2D eigenvalue weighted by atomic mass is 16.5. The first-order chi connectivity index (χ1) is 8.28. The zero-order valence-electron chi connectivity index (χ0n) is 9.93. The first-order valence-electron chi connectivity index (χ1n) is 5.49. The summed E-state index contributed by atoms with van der Waals surface area (Å²) < 4.78 is 10.7. The summed E-state index contributed by atoms with van der Waals surface area (Å²) >= 11 is 0. The number of ether oxygens (including phenoxy) is 2.